The number of aromatic nitrogens is 3. The zero-order valence-electron chi connectivity index (χ0n) is 14.8. The van der Waals surface area contributed by atoms with E-state index in [1.165, 1.54) is 0 Å². The molecule has 0 aliphatic carbocycles. The van der Waals surface area contributed by atoms with Gasteiger partial charge in [0, 0.05) is 45.6 Å². The largest absolute Gasteiger partial charge is 0.444 e. The van der Waals surface area contributed by atoms with Crippen LogP contribution in [0, 0.1) is 13.8 Å². The molecular formula is C16H24IN7O. The van der Waals surface area contributed by atoms with Crippen LogP contribution < -0.4 is 10.2 Å². The van der Waals surface area contributed by atoms with Crippen molar-refractivity contribution >= 4 is 35.9 Å². The van der Waals surface area contributed by atoms with Gasteiger partial charge >= 0.3 is 0 Å². The molecule has 1 aliphatic rings. The average Bonchev–Trinajstić information content (AvgIpc) is 2.95. The predicted octanol–water partition coefficient (Wildman–Crippen LogP) is 1.60. The normalized spacial score (nSPS) is 15.1. The molecular weight excluding hydrogens is 433 g/mol. The molecule has 136 valence electrons. The summed E-state index contributed by atoms with van der Waals surface area (Å²) in [5.74, 6) is 3.18. The number of nitrogens with one attached hydrogen (secondary N) is 1. The summed E-state index contributed by atoms with van der Waals surface area (Å²) in [4.78, 5) is 21.8. The molecule has 0 unspecified atom stereocenters. The van der Waals surface area contributed by atoms with E-state index in [0.717, 1.165) is 49.5 Å². The molecule has 1 fully saturated rings. The Bertz CT molecular complexity index is 676. The van der Waals surface area contributed by atoms with Gasteiger partial charge in [0.1, 0.15) is 5.76 Å². The summed E-state index contributed by atoms with van der Waals surface area (Å²) in [7, 11) is 1.79. The molecule has 1 aliphatic heterocycles. The topological polar surface area (TPSA) is 82.7 Å². The molecule has 0 radical (unpaired) electrons. The van der Waals surface area contributed by atoms with E-state index in [1.54, 1.807) is 19.4 Å². The van der Waals surface area contributed by atoms with Crippen molar-refractivity contribution in [3.8, 4) is 0 Å². The van der Waals surface area contributed by atoms with E-state index in [0.29, 0.717) is 12.4 Å². The van der Waals surface area contributed by atoms with Crippen molar-refractivity contribution in [3.63, 3.8) is 0 Å². The lowest BCUT2D eigenvalue weighted by Crippen LogP contribution is -2.52. The number of anilines is 1. The van der Waals surface area contributed by atoms with Crippen LogP contribution in [0.3, 0.4) is 0 Å². The number of guanidine groups is 1. The number of rotatable bonds is 3. The first-order valence-electron chi connectivity index (χ1n) is 8.08. The maximum atomic E-state index is 5.60. The lowest BCUT2D eigenvalue weighted by Gasteiger charge is -2.36. The van der Waals surface area contributed by atoms with Gasteiger partial charge in [-0.3, -0.25) is 4.99 Å². The molecule has 0 bridgehead atoms. The van der Waals surface area contributed by atoms with Crippen LogP contribution in [0.1, 0.15) is 17.3 Å². The first-order chi connectivity index (χ1) is 11.7. The Balaban J connectivity index is 0.00000225. The second kappa shape index (κ2) is 8.97. The molecule has 0 amide bonds. The minimum Gasteiger partial charge on any atom is -0.444 e. The lowest BCUT2D eigenvalue weighted by molar-refractivity contribution is 0.366. The molecule has 3 rings (SSSR count). The number of hydrogen-bond acceptors (Lipinski definition) is 6. The van der Waals surface area contributed by atoms with Gasteiger partial charge in [-0.2, -0.15) is 0 Å². The molecule has 1 N–H and O–H groups in total. The predicted molar refractivity (Wildman–Crippen MR) is 107 cm³/mol. The van der Waals surface area contributed by atoms with Gasteiger partial charge in [-0.15, -0.1) is 24.0 Å². The minimum absolute atomic E-state index is 0. The van der Waals surface area contributed by atoms with E-state index in [1.807, 2.05) is 19.9 Å². The molecule has 2 aromatic rings. The zero-order valence-corrected chi connectivity index (χ0v) is 17.1. The number of halogens is 1. The van der Waals surface area contributed by atoms with Crippen LogP contribution in [0.2, 0.25) is 0 Å². The van der Waals surface area contributed by atoms with Crippen LogP contribution in [0.15, 0.2) is 27.9 Å². The quantitative estimate of drug-likeness (QED) is 0.426. The standard InChI is InChI=1S/C16H23N7O.HI/c1-12-13(2)24-14(21-12)11-20-15(17-3)22-7-9-23(10-8-22)16-18-5-4-6-19-16;/h4-6H,7-11H2,1-3H3,(H,17,20);1H. The molecule has 1 saturated heterocycles. The SMILES string of the molecule is CN=C(NCc1nc(C)c(C)o1)N1CCN(c2ncccn2)CC1.I. The van der Waals surface area contributed by atoms with Crippen LogP contribution in [0.5, 0.6) is 0 Å². The van der Waals surface area contributed by atoms with Crippen molar-refractivity contribution in [2.75, 3.05) is 38.1 Å². The highest BCUT2D eigenvalue weighted by atomic mass is 127. The van der Waals surface area contributed by atoms with E-state index in [4.69, 9.17) is 4.42 Å². The van der Waals surface area contributed by atoms with Gasteiger partial charge in [0.05, 0.1) is 12.2 Å². The van der Waals surface area contributed by atoms with E-state index in [-0.39, 0.29) is 24.0 Å². The average molecular weight is 457 g/mol. The van der Waals surface area contributed by atoms with Gasteiger partial charge in [0.2, 0.25) is 11.8 Å². The third-order valence-corrected chi connectivity index (χ3v) is 4.10. The summed E-state index contributed by atoms with van der Waals surface area (Å²) in [5, 5.41) is 3.32. The summed E-state index contributed by atoms with van der Waals surface area (Å²) in [6, 6.07) is 1.83. The Kier molecular flexibility index (Phi) is 6.97. The molecule has 0 atom stereocenters. The first kappa shape index (κ1) is 19.4. The van der Waals surface area contributed by atoms with Crippen LogP contribution in [0.25, 0.3) is 0 Å². The Labute approximate surface area is 164 Å². The molecule has 9 heteroatoms. The Morgan fingerprint density at radius 2 is 1.88 bits per heavy atom. The van der Waals surface area contributed by atoms with Gasteiger partial charge in [-0.05, 0) is 19.9 Å². The molecule has 2 aromatic heterocycles. The molecule has 3 heterocycles. The van der Waals surface area contributed by atoms with Crippen molar-refractivity contribution in [1.82, 2.24) is 25.2 Å². The van der Waals surface area contributed by atoms with E-state index in [9.17, 15) is 0 Å². The van der Waals surface area contributed by atoms with E-state index >= 15 is 0 Å². The first-order valence-corrected chi connectivity index (χ1v) is 8.08. The van der Waals surface area contributed by atoms with Crippen LogP contribution >= 0.6 is 24.0 Å². The number of nitrogens with zero attached hydrogens (tertiary/aromatic N) is 6. The van der Waals surface area contributed by atoms with Crippen LogP contribution in [-0.4, -0.2) is 59.0 Å². The summed E-state index contributed by atoms with van der Waals surface area (Å²) in [6.45, 7) is 7.85. The van der Waals surface area contributed by atoms with Gasteiger partial charge in [0.15, 0.2) is 5.96 Å². The van der Waals surface area contributed by atoms with Crippen LogP contribution in [0.4, 0.5) is 5.95 Å². The third kappa shape index (κ3) is 4.80. The fourth-order valence-corrected chi connectivity index (χ4v) is 2.67. The maximum Gasteiger partial charge on any atom is 0.225 e. The Morgan fingerprint density at radius 3 is 2.44 bits per heavy atom. The molecule has 8 nitrogen and oxygen atoms in total. The number of aryl methyl sites for hydroxylation is 2. The number of aliphatic imine (C=N–C) groups is 1. The summed E-state index contributed by atoms with van der Waals surface area (Å²) >= 11 is 0. The summed E-state index contributed by atoms with van der Waals surface area (Å²) in [6.07, 6.45) is 3.55. The Hall–Kier alpha value is -1.91. The highest BCUT2D eigenvalue weighted by Crippen LogP contribution is 2.11. The highest BCUT2D eigenvalue weighted by molar-refractivity contribution is 14.0. The highest BCUT2D eigenvalue weighted by Gasteiger charge is 2.21. The van der Waals surface area contributed by atoms with Gasteiger partial charge < -0.3 is 19.5 Å². The van der Waals surface area contributed by atoms with Crippen molar-refractivity contribution in [3.05, 3.63) is 35.8 Å². The molecule has 0 aromatic carbocycles. The number of hydrogen-bond donors (Lipinski definition) is 1. The molecule has 0 spiro atoms. The smallest absolute Gasteiger partial charge is 0.225 e. The number of piperazine rings is 1. The fraction of sp³-hybridized carbons (Fsp3) is 0.500. The van der Waals surface area contributed by atoms with Crippen molar-refractivity contribution in [2.45, 2.75) is 20.4 Å². The second-order valence-corrected chi connectivity index (χ2v) is 5.67. The number of oxazole rings is 1. The lowest BCUT2D eigenvalue weighted by atomic mass is 10.3. The van der Waals surface area contributed by atoms with Crippen molar-refractivity contribution < 1.29 is 4.42 Å². The van der Waals surface area contributed by atoms with Crippen molar-refractivity contribution in [1.29, 1.82) is 0 Å². The third-order valence-electron chi connectivity index (χ3n) is 4.10. The van der Waals surface area contributed by atoms with Crippen molar-refractivity contribution in [2.24, 2.45) is 4.99 Å². The molecule has 0 saturated carbocycles. The summed E-state index contributed by atoms with van der Waals surface area (Å²) in [5.41, 5.74) is 0.929. The van der Waals surface area contributed by atoms with E-state index in [2.05, 4.69) is 35.1 Å². The Morgan fingerprint density at radius 1 is 1.20 bits per heavy atom. The van der Waals surface area contributed by atoms with Crippen LogP contribution in [-0.2, 0) is 6.54 Å². The monoisotopic (exact) mass is 457 g/mol. The fourth-order valence-electron chi connectivity index (χ4n) is 2.67. The van der Waals surface area contributed by atoms with Gasteiger partial charge in [-0.25, -0.2) is 15.0 Å². The van der Waals surface area contributed by atoms with Gasteiger partial charge in [0.25, 0.3) is 0 Å². The van der Waals surface area contributed by atoms with Gasteiger partial charge in [-0.1, -0.05) is 0 Å². The minimum atomic E-state index is 0. The van der Waals surface area contributed by atoms with E-state index < -0.39 is 0 Å². The zero-order chi connectivity index (χ0) is 16.9. The summed E-state index contributed by atoms with van der Waals surface area (Å²) < 4.78 is 5.60. The maximum absolute atomic E-state index is 5.60. The molecule has 25 heavy (non-hydrogen) atoms. The second-order valence-electron chi connectivity index (χ2n) is 5.67.